The van der Waals surface area contributed by atoms with Crippen molar-refractivity contribution in [3.63, 3.8) is 0 Å². The Bertz CT molecular complexity index is 2270. The van der Waals surface area contributed by atoms with Gasteiger partial charge in [0.2, 0.25) is 0 Å². The van der Waals surface area contributed by atoms with E-state index in [4.69, 9.17) is 9.97 Å². The third kappa shape index (κ3) is 3.14. The Kier molecular flexibility index (Phi) is 4.61. The van der Waals surface area contributed by atoms with E-state index in [1.165, 1.54) is 49.6 Å². The van der Waals surface area contributed by atoms with E-state index in [0.717, 1.165) is 33.4 Å². The van der Waals surface area contributed by atoms with Crippen LogP contribution in [-0.4, -0.2) is 14.5 Å². The van der Waals surface area contributed by atoms with Gasteiger partial charge in [-0.05, 0) is 69.8 Å². The second-order valence-electron chi connectivity index (χ2n) is 10.6. The summed E-state index contributed by atoms with van der Waals surface area (Å²) in [5.41, 5.74) is 14.7. The van der Waals surface area contributed by atoms with Crippen LogP contribution in [0.1, 0.15) is 0 Å². The fraction of sp³-hybridized carbons (Fsp3) is 0. The Labute approximate surface area is 237 Å². The van der Waals surface area contributed by atoms with E-state index in [1.807, 2.05) is 18.5 Å². The zero-order valence-corrected chi connectivity index (χ0v) is 22.1. The minimum Gasteiger partial charge on any atom is -0.309 e. The summed E-state index contributed by atoms with van der Waals surface area (Å²) in [6, 6.07) is 45.7. The van der Waals surface area contributed by atoms with Crippen molar-refractivity contribution in [1.29, 1.82) is 0 Å². The number of benzene rings is 5. The summed E-state index contributed by atoms with van der Waals surface area (Å²) in [5.74, 6) is 0. The standard InChI is InChI=1S/C38H23N3/c1-2-12-27-25(10-1)26-11-3-4-13-28(26)33-23-40-34-16-9-21-39-38(34)37(33)32-22-24(19-20-29(27)32)41-35-17-7-5-14-30(35)31-15-6-8-18-36(31)41/h1-23H. The SMILES string of the molecule is c1ccc2c(c1)-c1ccccc1-c1cnc3cccnc3c1-c1cc(-n3c4ccccc4c4ccccc43)ccc1-2. The average molecular weight is 522 g/mol. The van der Waals surface area contributed by atoms with Gasteiger partial charge >= 0.3 is 0 Å². The first kappa shape index (κ1) is 22.3. The average Bonchev–Trinajstić information content (AvgIpc) is 3.38. The minimum absolute atomic E-state index is 0.894. The lowest BCUT2D eigenvalue weighted by atomic mass is 9.81. The van der Waals surface area contributed by atoms with E-state index in [-0.39, 0.29) is 0 Å². The maximum absolute atomic E-state index is 4.92. The molecule has 0 atom stereocenters. The summed E-state index contributed by atoms with van der Waals surface area (Å²) < 4.78 is 2.39. The van der Waals surface area contributed by atoms with Gasteiger partial charge < -0.3 is 4.57 Å². The largest absolute Gasteiger partial charge is 0.309 e. The van der Waals surface area contributed by atoms with Gasteiger partial charge in [0, 0.05) is 40.0 Å². The van der Waals surface area contributed by atoms with Crippen molar-refractivity contribution in [3.05, 3.63) is 140 Å². The van der Waals surface area contributed by atoms with Crippen molar-refractivity contribution in [2.45, 2.75) is 0 Å². The molecule has 3 aromatic heterocycles. The van der Waals surface area contributed by atoms with Crippen LogP contribution in [0.3, 0.4) is 0 Å². The molecule has 0 spiro atoms. The molecule has 9 rings (SSSR count). The van der Waals surface area contributed by atoms with Crippen molar-refractivity contribution >= 4 is 32.8 Å². The Balaban J connectivity index is 1.46. The predicted molar refractivity (Wildman–Crippen MR) is 169 cm³/mol. The van der Waals surface area contributed by atoms with Gasteiger partial charge in [-0.25, -0.2) is 0 Å². The van der Waals surface area contributed by atoms with Crippen molar-refractivity contribution in [2.75, 3.05) is 0 Å². The molecule has 41 heavy (non-hydrogen) atoms. The topological polar surface area (TPSA) is 30.7 Å². The van der Waals surface area contributed by atoms with Crippen LogP contribution in [0.2, 0.25) is 0 Å². The zero-order valence-electron chi connectivity index (χ0n) is 22.1. The van der Waals surface area contributed by atoms with Gasteiger partial charge in [0.1, 0.15) is 0 Å². The van der Waals surface area contributed by atoms with Gasteiger partial charge in [-0.1, -0.05) is 91.0 Å². The van der Waals surface area contributed by atoms with Crippen LogP contribution in [0.15, 0.2) is 140 Å². The Morgan fingerprint density at radius 2 is 1.00 bits per heavy atom. The summed E-state index contributed by atoms with van der Waals surface area (Å²) in [7, 11) is 0. The van der Waals surface area contributed by atoms with E-state index in [0.29, 0.717) is 0 Å². The first-order chi connectivity index (χ1) is 20.4. The second kappa shape index (κ2) is 8.48. The second-order valence-corrected chi connectivity index (χ2v) is 10.6. The minimum atomic E-state index is 0.894. The number of fused-ring (bicyclic) bond motifs is 13. The van der Waals surface area contributed by atoms with Gasteiger partial charge in [-0.3, -0.25) is 9.97 Å². The van der Waals surface area contributed by atoms with E-state index < -0.39 is 0 Å². The summed E-state index contributed by atoms with van der Waals surface area (Å²) in [6.07, 6.45) is 3.91. The number of para-hydroxylation sites is 2. The van der Waals surface area contributed by atoms with Crippen LogP contribution in [-0.2, 0) is 0 Å². The van der Waals surface area contributed by atoms with Crippen molar-refractivity contribution in [2.24, 2.45) is 0 Å². The molecule has 1 aliphatic rings. The van der Waals surface area contributed by atoms with Crippen LogP contribution in [0.4, 0.5) is 0 Å². The molecule has 0 saturated heterocycles. The lowest BCUT2D eigenvalue weighted by Crippen LogP contribution is -2.01. The van der Waals surface area contributed by atoms with Crippen LogP contribution >= 0.6 is 0 Å². The molecule has 190 valence electrons. The molecule has 8 aromatic rings. The molecule has 0 fully saturated rings. The lowest BCUT2D eigenvalue weighted by molar-refractivity contribution is 1.18. The van der Waals surface area contributed by atoms with Gasteiger partial charge in [-0.2, -0.15) is 0 Å². The van der Waals surface area contributed by atoms with Gasteiger partial charge in [0.15, 0.2) is 0 Å². The zero-order chi connectivity index (χ0) is 26.9. The Hall–Kier alpha value is -5.54. The molecule has 0 radical (unpaired) electrons. The molecule has 0 aliphatic heterocycles. The molecule has 3 heterocycles. The first-order valence-electron chi connectivity index (χ1n) is 13.9. The van der Waals surface area contributed by atoms with Crippen LogP contribution in [0.5, 0.6) is 0 Å². The fourth-order valence-electron chi connectivity index (χ4n) is 6.72. The van der Waals surface area contributed by atoms with Gasteiger partial charge in [0.05, 0.1) is 22.1 Å². The number of pyridine rings is 2. The highest BCUT2D eigenvalue weighted by atomic mass is 15.0. The normalized spacial score (nSPS) is 11.9. The molecular weight excluding hydrogens is 498 g/mol. The van der Waals surface area contributed by atoms with Crippen molar-refractivity contribution in [3.8, 4) is 50.2 Å². The van der Waals surface area contributed by atoms with Gasteiger partial charge in [0.25, 0.3) is 0 Å². The number of rotatable bonds is 1. The molecule has 5 aromatic carbocycles. The van der Waals surface area contributed by atoms with E-state index in [1.54, 1.807) is 0 Å². The third-order valence-electron chi connectivity index (χ3n) is 8.46. The Morgan fingerprint density at radius 3 is 1.66 bits per heavy atom. The first-order valence-corrected chi connectivity index (χ1v) is 13.9. The molecule has 0 N–H and O–H groups in total. The predicted octanol–water partition coefficient (Wildman–Crippen LogP) is 9.71. The van der Waals surface area contributed by atoms with E-state index in [9.17, 15) is 0 Å². The maximum atomic E-state index is 4.92. The highest BCUT2D eigenvalue weighted by Gasteiger charge is 2.25. The summed E-state index contributed by atoms with van der Waals surface area (Å²) in [5, 5.41) is 2.51. The van der Waals surface area contributed by atoms with E-state index >= 15 is 0 Å². The molecule has 0 amide bonds. The molecule has 1 aliphatic carbocycles. The summed E-state index contributed by atoms with van der Waals surface area (Å²) >= 11 is 0. The lowest BCUT2D eigenvalue weighted by Gasteiger charge is -2.24. The van der Waals surface area contributed by atoms with Crippen molar-refractivity contribution in [1.82, 2.24) is 14.5 Å². The number of hydrogen-bond donors (Lipinski definition) is 0. The quantitative estimate of drug-likeness (QED) is 0.215. The summed E-state index contributed by atoms with van der Waals surface area (Å²) in [4.78, 5) is 9.80. The fourth-order valence-corrected chi connectivity index (χ4v) is 6.72. The summed E-state index contributed by atoms with van der Waals surface area (Å²) in [6.45, 7) is 0. The molecule has 3 heteroatoms. The number of aromatic nitrogens is 3. The molecule has 0 saturated carbocycles. The maximum Gasteiger partial charge on any atom is 0.0971 e. The van der Waals surface area contributed by atoms with E-state index in [2.05, 4.69) is 126 Å². The Morgan fingerprint density at radius 1 is 0.439 bits per heavy atom. The van der Waals surface area contributed by atoms with Crippen LogP contribution in [0, 0.1) is 0 Å². The number of nitrogens with zero attached hydrogens (tertiary/aromatic N) is 3. The van der Waals surface area contributed by atoms with Crippen LogP contribution < -0.4 is 0 Å². The molecule has 0 bridgehead atoms. The number of hydrogen-bond acceptors (Lipinski definition) is 2. The highest BCUT2D eigenvalue weighted by Crippen LogP contribution is 2.49. The third-order valence-corrected chi connectivity index (χ3v) is 8.46. The molecular formula is C38H23N3. The molecule has 0 unspecified atom stereocenters. The van der Waals surface area contributed by atoms with Crippen molar-refractivity contribution < 1.29 is 0 Å². The smallest absolute Gasteiger partial charge is 0.0971 e. The monoisotopic (exact) mass is 521 g/mol. The van der Waals surface area contributed by atoms with Gasteiger partial charge in [-0.15, -0.1) is 0 Å². The highest BCUT2D eigenvalue weighted by molar-refractivity contribution is 6.11. The van der Waals surface area contributed by atoms with Crippen LogP contribution in [0.25, 0.3) is 83.0 Å². The molecule has 3 nitrogen and oxygen atoms in total.